The molecule has 1 saturated carbocycles. The zero-order chi connectivity index (χ0) is 9.03. The van der Waals surface area contributed by atoms with Gasteiger partial charge < -0.3 is 15.6 Å². The SMILES string of the molecule is CC1CCC(CN)(OCCO)C1. The van der Waals surface area contributed by atoms with Gasteiger partial charge in [0.1, 0.15) is 0 Å². The molecule has 0 aliphatic heterocycles. The summed E-state index contributed by atoms with van der Waals surface area (Å²) >= 11 is 0. The molecule has 1 rings (SSSR count). The Labute approximate surface area is 73.9 Å². The van der Waals surface area contributed by atoms with Gasteiger partial charge in [-0.25, -0.2) is 0 Å². The highest BCUT2D eigenvalue weighted by Gasteiger charge is 2.36. The molecule has 72 valence electrons. The minimum atomic E-state index is -0.123. The fourth-order valence-electron chi connectivity index (χ4n) is 1.99. The molecule has 2 unspecified atom stereocenters. The molecule has 3 nitrogen and oxygen atoms in total. The monoisotopic (exact) mass is 173 g/mol. The Bertz CT molecular complexity index is 140. The number of rotatable bonds is 4. The summed E-state index contributed by atoms with van der Waals surface area (Å²) in [7, 11) is 0. The summed E-state index contributed by atoms with van der Waals surface area (Å²) in [5, 5.41) is 8.64. The fourth-order valence-corrected chi connectivity index (χ4v) is 1.99. The highest BCUT2D eigenvalue weighted by molar-refractivity contribution is 4.90. The molecule has 0 bridgehead atoms. The van der Waals surface area contributed by atoms with Crippen molar-refractivity contribution in [2.24, 2.45) is 11.7 Å². The third-order valence-corrected chi connectivity index (χ3v) is 2.68. The molecule has 1 aliphatic carbocycles. The van der Waals surface area contributed by atoms with Crippen LogP contribution in [0.15, 0.2) is 0 Å². The zero-order valence-electron chi connectivity index (χ0n) is 7.75. The van der Waals surface area contributed by atoms with E-state index in [1.54, 1.807) is 0 Å². The smallest absolute Gasteiger partial charge is 0.0807 e. The Balaban J connectivity index is 2.41. The number of nitrogens with two attached hydrogens (primary N) is 1. The van der Waals surface area contributed by atoms with Crippen LogP contribution in [0.3, 0.4) is 0 Å². The highest BCUT2D eigenvalue weighted by Crippen LogP contribution is 2.36. The van der Waals surface area contributed by atoms with E-state index in [9.17, 15) is 0 Å². The first kappa shape index (κ1) is 9.96. The van der Waals surface area contributed by atoms with Crippen LogP contribution in [0.5, 0.6) is 0 Å². The second-order valence-electron chi connectivity index (χ2n) is 3.81. The second-order valence-corrected chi connectivity index (χ2v) is 3.81. The lowest BCUT2D eigenvalue weighted by molar-refractivity contribution is -0.0491. The molecule has 0 amide bonds. The molecule has 0 aromatic carbocycles. The molecule has 0 heterocycles. The third kappa shape index (κ3) is 2.19. The van der Waals surface area contributed by atoms with Crippen molar-refractivity contribution in [3.05, 3.63) is 0 Å². The molecule has 0 aromatic heterocycles. The molecule has 2 atom stereocenters. The standard InChI is InChI=1S/C9H19NO2/c1-8-2-3-9(6-8,7-10)12-5-4-11/h8,11H,2-7,10H2,1H3. The van der Waals surface area contributed by atoms with Gasteiger partial charge in [0.2, 0.25) is 0 Å². The molecule has 1 aliphatic rings. The minimum Gasteiger partial charge on any atom is -0.394 e. The topological polar surface area (TPSA) is 55.5 Å². The van der Waals surface area contributed by atoms with Crippen LogP contribution in [0.1, 0.15) is 26.2 Å². The van der Waals surface area contributed by atoms with Crippen molar-refractivity contribution in [3.63, 3.8) is 0 Å². The summed E-state index contributed by atoms with van der Waals surface area (Å²) in [6, 6.07) is 0. The largest absolute Gasteiger partial charge is 0.394 e. The molecule has 0 saturated heterocycles. The van der Waals surface area contributed by atoms with Crippen molar-refractivity contribution in [1.29, 1.82) is 0 Å². The molecule has 1 fully saturated rings. The van der Waals surface area contributed by atoms with Gasteiger partial charge in [-0.3, -0.25) is 0 Å². The van der Waals surface area contributed by atoms with Gasteiger partial charge in [0, 0.05) is 6.54 Å². The number of hydrogen-bond donors (Lipinski definition) is 2. The van der Waals surface area contributed by atoms with E-state index in [-0.39, 0.29) is 12.2 Å². The van der Waals surface area contributed by atoms with Gasteiger partial charge in [-0.15, -0.1) is 0 Å². The first-order valence-corrected chi connectivity index (χ1v) is 4.67. The number of hydrogen-bond acceptors (Lipinski definition) is 3. The van der Waals surface area contributed by atoms with Gasteiger partial charge in [0.15, 0.2) is 0 Å². The van der Waals surface area contributed by atoms with Crippen LogP contribution in [0, 0.1) is 5.92 Å². The normalized spacial score (nSPS) is 35.8. The highest BCUT2D eigenvalue weighted by atomic mass is 16.5. The van der Waals surface area contributed by atoms with E-state index in [2.05, 4.69) is 6.92 Å². The predicted molar refractivity (Wildman–Crippen MR) is 47.8 cm³/mol. The second kappa shape index (κ2) is 4.21. The van der Waals surface area contributed by atoms with Crippen LogP contribution in [-0.4, -0.2) is 30.5 Å². The lowest BCUT2D eigenvalue weighted by Gasteiger charge is -2.27. The van der Waals surface area contributed by atoms with Crippen molar-refractivity contribution >= 4 is 0 Å². The van der Waals surface area contributed by atoms with Crippen molar-refractivity contribution in [2.45, 2.75) is 31.8 Å². The first-order chi connectivity index (χ1) is 5.72. The lowest BCUT2D eigenvalue weighted by Crippen LogP contribution is -2.39. The summed E-state index contributed by atoms with van der Waals surface area (Å²) in [6.45, 7) is 3.32. The van der Waals surface area contributed by atoms with Crippen molar-refractivity contribution in [3.8, 4) is 0 Å². The maximum atomic E-state index is 8.64. The van der Waals surface area contributed by atoms with Gasteiger partial charge >= 0.3 is 0 Å². The summed E-state index contributed by atoms with van der Waals surface area (Å²) in [5.41, 5.74) is 5.54. The van der Waals surface area contributed by atoms with Crippen molar-refractivity contribution in [1.82, 2.24) is 0 Å². The van der Waals surface area contributed by atoms with E-state index in [0.717, 1.165) is 12.8 Å². The zero-order valence-corrected chi connectivity index (χ0v) is 7.75. The van der Waals surface area contributed by atoms with Gasteiger partial charge in [-0.2, -0.15) is 0 Å². The van der Waals surface area contributed by atoms with Gasteiger partial charge in [-0.05, 0) is 25.2 Å². The van der Waals surface area contributed by atoms with Crippen LogP contribution in [-0.2, 0) is 4.74 Å². The van der Waals surface area contributed by atoms with E-state index in [0.29, 0.717) is 19.1 Å². The summed E-state index contributed by atoms with van der Waals surface area (Å²) in [6.07, 6.45) is 3.29. The quantitative estimate of drug-likeness (QED) is 0.651. The maximum Gasteiger partial charge on any atom is 0.0807 e. The Morgan fingerprint density at radius 1 is 1.67 bits per heavy atom. The summed E-state index contributed by atoms with van der Waals surface area (Å²) in [5.74, 6) is 0.715. The predicted octanol–water partition coefficient (Wildman–Crippen LogP) is 0.513. The lowest BCUT2D eigenvalue weighted by atomic mass is 10.0. The fraction of sp³-hybridized carbons (Fsp3) is 1.00. The molecule has 0 spiro atoms. The van der Waals surface area contributed by atoms with E-state index in [1.807, 2.05) is 0 Å². The van der Waals surface area contributed by atoms with Crippen molar-refractivity contribution < 1.29 is 9.84 Å². The summed E-state index contributed by atoms with van der Waals surface area (Å²) in [4.78, 5) is 0. The van der Waals surface area contributed by atoms with Gasteiger partial charge in [0.25, 0.3) is 0 Å². The molecule has 3 heteroatoms. The van der Waals surface area contributed by atoms with Crippen LogP contribution in [0.4, 0.5) is 0 Å². The van der Waals surface area contributed by atoms with Crippen LogP contribution in [0.2, 0.25) is 0 Å². The van der Waals surface area contributed by atoms with E-state index in [1.165, 1.54) is 6.42 Å². The Morgan fingerprint density at radius 2 is 2.42 bits per heavy atom. The van der Waals surface area contributed by atoms with Gasteiger partial charge in [0.05, 0.1) is 18.8 Å². The number of aliphatic hydroxyl groups excluding tert-OH is 1. The van der Waals surface area contributed by atoms with Gasteiger partial charge in [-0.1, -0.05) is 6.92 Å². The molecular weight excluding hydrogens is 154 g/mol. The average molecular weight is 173 g/mol. The Kier molecular flexibility index (Phi) is 3.50. The van der Waals surface area contributed by atoms with E-state index in [4.69, 9.17) is 15.6 Å². The molecule has 0 radical (unpaired) electrons. The Hall–Kier alpha value is -0.120. The average Bonchev–Trinajstić information content (AvgIpc) is 2.45. The van der Waals surface area contributed by atoms with Crippen LogP contribution >= 0.6 is 0 Å². The van der Waals surface area contributed by atoms with E-state index >= 15 is 0 Å². The Morgan fingerprint density at radius 3 is 2.83 bits per heavy atom. The minimum absolute atomic E-state index is 0.0934. The molecule has 0 aromatic rings. The molecule has 12 heavy (non-hydrogen) atoms. The third-order valence-electron chi connectivity index (χ3n) is 2.68. The maximum absolute atomic E-state index is 8.64. The van der Waals surface area contributed by atoms with E-state index < -0.39 is 0 Å². The molecule has 3 N–H and O–H groups in total. The molecular formula is C9H19NO2. The van der Waals surface area contributed by atoms with Crippen LogP contribution in [0.25, 0.3) is 0 Å². The number of ether oxygens (including phenoxy) is 1. The van der Waals surface area contributed by atoms with Crippen molar-refractivity contribution in [2.75, 3.05) is 19.8 Å². The summed E-state index contributed by atoms with van der Waals surface area (Å²) < 4.78 is 5.58. The number of aliphatic hydroxyl groups is 1. The van der Waals surface area contributed by atoms with Crippen LogP contribution < -0.4 is 5.73 Å². The first-order valence-electron chi connectivity index (χ1n) is 4.67.